The lowest BCUT2D eigenvalue weighted by Gasteiger charge is -2.08. The molecule has 0 aliphatic rings. The summed E-state index contributed by atoms with van der Waals surface area (Å²) in [5, 5.41) is 5.90. The first-order chi connectivity index (χ1) is 11.1. The predicted molar refractivity (Wildman–Crippen MR) is 89.3 cm³/mol. The maximum Gasteiger partial charge on any atom is 0.319 e. The van der Waals surface area contributed by atoms with Crippen molar-refractivity contribution in [1.29, 1.82) is 0 Å². The lowest BCUT2D eigenvalue weighted by molar-refractivity contribution is -0.144. The van der Waals surface area contributed by atoms with Gasteiger partial charge >= 0.3 is 12.0 Å². The van der Waals surface area contributed by atoms with Crippen molar-refractivity contribution in [2.45, 2.75) is 13.0 Å². The molecule has 5 nitrogen and oxygen atoms in total. The minimum absolute atomic E-state index is 0.107. The van der Waals surface area contributed by atoms with Gasteiger partial charge < -0.3 is 15.4 Å². The standard InChI is InChI=1S/C17H17ClN2O3/c18-14-8-6-13(7-9-14)12-23-16(21)10-11-19-17(22)20-15-4-2-1-3-5-15/h1-9H,10-12H2,(H2,19,20,22). The van der Waals surface area contributed by atoms with E-state index in [9.17, 15) is 9.59 Å². The Labute approximate surface area is 139 Å². The zero-order chi connectivity index (χ0) is 16.5. The fraction of sp³-hybridized carbons (Fsp3) is 0.176. The number of ether oxygens (including phenoxy) is 1. The molecule has 0 fully saturated rings. The Balaban J connectivity index is 1.62. The molecule has 0 saturated heterocycles. The summed E-state index contributed by atoms with van der Waals surface area (Å²) in [5.41, 5.74) is 1.55. The van der Waals surface area contributed by atoms with Crippen LogP contribution in [0.4, 0.5) is 10.5 Å². The molecule has 0 spiro atoms. The van der Waals surface area contributed by atoms with Crippen molar-refractivity contribution in [2.75, 3.05) is 11.9 Å². The Kier molecular flexibility index (Phi) is 6.44. The van der Waals surface area contributed by atoms with E-state index in [2.05, 4.69) is 10.6 Å². The van der Waals surface area contributed by atoms with Gasteiger partial charge in [0.15, 0.2) is 0 Å². The van der Waals surface area contributed by atoms with Crippen LogP contribution in [0.15, 0.2) is 54.6 Å². The number of carbonyl (C=O) groups is 2. The Morgan fingerprint density at radius 2 is 1.70 bits per heavy atom. The highest BCUT2D eigenvalue weighted by atomic mass is 35.5. The minimum Gasteiger partial charge on any atom is -0.461 e. The summed E-state index contributed by atoms with van der Waals surface area (Å²) in [5.74, 6) is -0.375. The maximum atomic E-state index is 11.6. The van der Waals surface area contributed by atoms with Gasteiger partial charge in [0.25, 0.3) is 0 Å². The molecule has 0 saturated carbocycles. The number of benzene rings is 2. The normalized spacial score (nSPS) is 9.96. The van der Waals surface area contributed by atoms with E-state index in [1.54, 1.807) is 36.4 Å². The first-order valence-corrected chi connectivity index (χ1v) is 7.51. The summed E-state index contributed by atoms with van der Waals surface area (Å²) < 4.78 is 5.11. The third kappa shape index (κ3) is 6.40. The van der Waals surface area contributed by atoms with Crippen molar-refractivity contribution >= 4 is 29.3 Å². The van der Waals surface area contributed by atoms with Crippen molar-refractivity contribution in [3.63, 3.8) is 0 Å². The minimum atomic E-state index is -0.375. The highest BCUT2D eigenvalue weighted by Gasteiger charge is 2.06. The first-order valence-electron chi connectivity index (χ1n) is 7.13. The van der Waals surface area contributed by atoms with Crippen molar-refractivity contribution in [2.24, 2.45) is 0 Å². The monoisotopic (exact) mass is 332 g/mol. The second-order valence-corrected chi connectivity index (χ2v) is 5.22. The molecule has 6 heteroatoms. The van der Waals surface area contributed by atoms with Crippen LogP contribution >= 0.6 is 11.6 Å². The number of para-hydroxylation sites is 1. The molecule has 0 aliphatic carbocycles. The molecule has 0 heterocycles. The van der Waals surface area contributed by atoms with Crippen LogP contribution in [0.5, 0.6) is 0 Å². The fourth-order valence-electron chi connectivity index (χ4n) is 1.79. The Morgan fingerprint density at radius 1 is 1.00 bits per heavy atom. The zero-order valence-electron chi connectivity index (χ0n) is 12.4. The Bertz CT molecular complexity index is 645. The van der Waals surface area contributed by atoms with E-state index in [1.807, 2.05) is 18.2 Å². The summed E-state index contributed by atoms with van der Waals surface area (Å²) in [6.45, 7) is 0.393. The average Bonchev–Trinajstić information content (AvgIpc) is 2.55. The SMILES string of the molecule is O=C(NCCC(=O)OCc1ccc(Cl)cc1)Nc1ccccc1. The Hall–Kier alpha value is -2.53. The van der Waals surface area contributed by atoms with Gasteiger partial charge in [0.2, 0.25) is 0 Å². The lowest BCUT2D eigenvalue weighted by atomic mass is 10.2. The van der Waals surface area contributed by atoms with Crippen LogP contribution in [0.2, 0.25) is 5.02 Å². The second kappa shape index (κ2) is 8.80. The molecule has 2 rings (SSSR count). The van der Waals surface area contributed by atoms with Crippen LogP contribution in [-0.2, 0) is 16.1 Å². The van der Waals surface area contributed by atoms with Gasteiger partial charge in [0.1, 0.15) is 6.61 Å². The highest BCUT2D eigenvalue weighted by Crippen LogP contribution is 2.10. The van der Waals surface area contributed by atoms with E-state index in [0.29, 0.717) is 10.7 Å². The van der Waals surface area contributed by atoms with Gasteiger partial charge in [-0.05, 0) is 29.8 Å². The van der Waals surface area contributed by atoms with E-state index >= 15 is 0 Å². The molecule has 0 aliphatic heterocycles. The lowest BCUT2D eigenvalue weighted by Crippen LogP contribution is -2.30. The molecule has 120 valence electrons. The van der Waals surface area contributed by atoms with Crippen LogP contribution in [-0.4, -0.2) is 18.5 Å². The fourth-order valence-corrected chi connectivity index (χ4v) is 1.92. The summed E-state index contributed by atoms with van der Waals surface area (Å²) in [7, 11) is 0. The van der Waals surface area contributed by atoms with E-state index < -0.39 is 0 Å². The molecule has 0 unspecified atom stereocenters. The smallest absolute Gasteiger partial charge is 0.319 e. The first kappa shape index (κ1) is 16.8. The predicted octanol–water partition coefficient (Wildman–Crippen LogP) is 3.60. The van der Waals surface area contributed by atoms with Gasteiger partial charge in [-0.2, -0.15) is 0 Å². The summed E-state index contributed by atoms with van der Waals surface area (Å²) in [4.78, 5) is 23.2. The van der Waals surface area contributed by atoms with Gasteiger partial charge in [-0.1, -0.05) is 41.9 Å². The van der Waals surface area contributed by atoms with Gasteiger partial charge in [-0.25, -0.2) is 4.79 Å². The average molecular weight is 333 g/mol. The maximum absolute atomic E-state index is 11.6. The largest absolute Gasteiger partial charge is 0.461 e. The zero-order valence-corrected chi connectivity index (χ0v) is 13.2. The number of hydrogen-bond donors (Lipinski definition) is 2. The van der Waals surface area contributed by atoms with Crippen LogP contribution in [0.3, 0.4) is 0 Å². The number of urea groups is 1. The number of amides is 2. The number of hydrogen-bond acceptors (Lipinski definition) is 3. The third-order valence-electron chi connectivity index (χ3n) is 2.96. The van der Waals surface area contributed by atoms with Gasteiger partial charge in [-0.3, -0.25) is 4.79 Å². The number of carbonyl (C=O) groups excluding carboxylic acids is 2. The number of nitrogens with one attached hydrogen (secondary N) is 2. The second-order valence-electron chi connectivity index (χ2n) is 4.78. The third-order valence-corrected chi connectivity index (χ3v) is 3.21. The molecule has 2 amide bonds. The van der Waals surface area contributed by atoms with E-state index in [1.165, 1.54) is 0 Å². The van der Waals surface area contributed by atoms with Gasteiger partial charge in [0, 0.05) is 17.3 Å². The summed E-state index contributed by atoms with van der Waals surface area (Å²) in [6, 6.07) is 15.8. The van der Waals surface area contributed by atoms with Crippen molar-refractivity contribution < 1.29 is 14.3 Å². The molecule has 0 atom stereocenters. The molecule has 23 heavy (non-hydrogen) atoms. The van der Waals surface area contributed by atoms with Crippen LogP contribution in [0.25, 0.3) is 0 Å². The molecular weight excluding hydrogens is 316 g/mol. The number of halogens is 1. The quantitative estimate of drug-likeness (QED) is 0.794. The summed E-state index contributed by atoms with van der Waals surface area (Å²) in [6.07, 6.45) is 0.107. The molecule has 2 N–H and O–H groups in total. The van der Waals surface area contributed by atoms with Crippen LogP contribution in [0, 0.1) is 0 Å². The van der Waals surface area contributed by atoms with E-state index in [-0.39, 0.29) is 31.6 Å². The molecule has 2 aromatic rings. The molecule has 0 aromatic heterocycles. The molecule has 2 aromatic carbocycles. The summed E-state index contributed by atoms with van der Waals surface area (Å²) >= 11 is 5.78. The van der Waals surface area contributed by atoms with Crippen molar-refractivity contribution in [1.82, 2.24) is 5.32 Å². The van der Waals surface area contributed by atoms with E-state index in [0.717, 1.165) is 5.56 Å². The van der Waals surface area contributed by atoms with Crippen molar-refractivity contribution in [3.05, 3.63) is 65.2 Å². The number of esters is 1. The number of anilines is 1. The van der Waals surface area contributed by atoms with E-state index in [4.69, 9.17) is 16.3 Å². The topological polar surface area (TPSA) is 67.4 Å². The van der Waals surface area contributed by atoms with Crippen LogP contribution in [0.1, 0.15) is 12.0 Å². The molecule has 0 radical (unpaired) electrons. The Morgan fingerprint density at radius 3 is 2.39 bits per heavy atom. The van der Waals surface area contributed by atoms with Gasteiger partial charge in [0.05, 0.1) is 6.42 Å². The van der Waals surface area contributed by atoms with Crippen molar-refractivity contribution in [3.8, 4) is 0 Å². The van der Waals surface area contributed by atoms with Crippen LogP contribution < -0.4 is 10.6 Å². The molecular formula is C17H17ClN2O3. The number of rotatable bonds is 6. The van der Waals surface area contributed by atoms with Gasteiger partial charge in [-0.15, -0.1) is 0 Å². The molecule has 0 bridgehead atoms. The highest BCUT2D eigenvalue weighted by molar-refractivity contribution is 6.30.